The van der Waals surface area contributed by atoms with E-state index in [1.165, 1.54) is 17.2 Å². The third-order valence-corrected chi connectivity index (χ3v) is 3.69. The fourth-order valence-electron chi connectivity index (χ4n) is 2.32. The van der Waals surface area contributed by atoms with Gasteiger partial charge < -0.3 is 14.6 Å². The predicted molar refractivity (Wildman–Crippen MR) is 93.3 cm³/mol. The highest BCUT2D eigenvalue weighted by molar-refractivity contribution is 6.06. The van der Waals surface area contributed by atoms with Gasteiger partial charge in [-0.2, -0.15) is 0 Å². The second kappa shape index (κ2) is 7.44. The van der Waals surface area contributed by atoms with Gasteiger partial charge in [0.2, 0.25) is 0 Å². The molecule has 0 aliphatic heterocycles. The van der Waals surface area contributed by atoms with E-state index in [2.05, 4.69) is 10.3 Å². The Morgan fingerprint density at radius 3 is 2.64 bits per heavy atom. The van der Waals surface area contributed by atoms with Gasteiger partial charge in [-0.05, 0) is 36.4 Å². The normalized spacial score (nSPS) is 10.3. The first-order valence-electron chi connectivity index (χ1n) is 7.75. The van der Waals surface area contributed by atoms with E-state index in [1.807, 2.05) is 30.3 Å². The number of nitrogens with one attached hydrogen (secondary N) is 1. The molecule has 2 heterocycles. The van der Waals surface area contributed by atoms with Gasteiger partial charge in [0, 0.05) is 24.5 Å². The van der Waals surface area contributed by atoms with Crippen LogP contribution in [0.5, 0.6) is 0 Å². The lowest BCUT2D eigenvalue weighted by molar-refractivity contribution is 0.0943. The van der Waals surface area contributed by atoms with Crippen LogP contribution in [0.4, 0.5) is 5.69 Å². The summed E-state index contributed by atoms with van der Waals surface area (Å²) in [4.78, 5) is 30.4. The molecular formula is C19H17N3O3. The van der Waals surface area contributed by atoms with Crippen molar-refractivity contribution in [2.24, 2.45) is 0 Å². The highest BCUT2D eigenvalue weighted by Gasteiger charge is 2.16. The third kappa shape index (κ3) is 3.92. The fraction of sp³-hybridized carbons (Fsp3) is 0.105. The second-order valence-corrected chi connectivity index (χ2v) is 5.39. The Kier molecular flexibility index (Phi) is 4.89. The Morgan fingerprint density at radius 1 is 1.12 bits per heavy atom. The molecule has 0 spiro atoms. The first-order valence-corrected chi connectivity index (χ1v) is 7.75. The summed E-state index contributed by atoms with van der Waals surface area (Å²) in [6, 6.07) is 15.9. The Labute approximate surface area is 145 Å². The zero-order valence-corrected chi connectivity index (χ0v) is 13.7. The monoisotopic (exact) mass is 335 g/mol. The Balaban J connectivity index is 1.72. The summed E-state index contributed by atoms with van der Waals surface area (Å²) in [5.41, 5.74) is 1.34. The smallest absolute Gasteiger partial charge is 0.270 e. The van der Waals surface area contributed by atoms with Gasteiger partial charge in [-0.25, -0.2) is 0 Å². The van der Waals surface area contributed by atoms with Crippen LogP contribution in [-0.2, 0) is 6.54 Å². The first kappa shape index (κ1) is 16.4. The van der Waals surface area contributed by atoms with Crippen LogP contribution in [0.2, 0.25) is 0 Å². The molecule has 0 radical (unpaired) electrons. The Bertz CT molecular complexity index is 861. The van der Waals surface area contributed by atoms with Crippen LogP contribution in [0.25, 0.3) is 0 Å². The van der Waals surface area contributed by atoms with Crippen LogP contribution >= 0.6 is 0 Å². The van der Waals surface area contributed by atoms with Crippen molar-refractivity contribution in [2.45, 2.75) is 6.54 Å². The van der Waals surface area contributed by atoms with E-state index in [4.69, 9.17) is 4.42 Å². The van der Waals surface area contributed by atoms with E-state index >= 15 is 0 Å². The molecule has 0 atom stereocenters. The molecule has 6 nitrogen and oxygen atoms in total. The second-order valence-electron chi connectivity index (χ2n) is 5.39. The standard InChI is InChI=1S/C19H17N3O3/c1-22(15-6-3-2-4-7-15)19(24)14-9-10-20-17(12-14)18(23)21-13-16-8-5-11-25-16/h2-12H,13H2,1H3,(H,21,23). The molecule has 3 aromatic rings. The highest BCUT2D eigenvalue weighted by Crippen LogP contribution is 2.15. The molecule has 0 aliphatic rings. The lowest BCUT2D eigenvalue weighted by atomic mass is 10.2. The first-order chi connectivity index (χ1) is 12.1. The van der Waals surface area contributed by atoms with Crippen LogP contribution in [0, 0.1) is 0 Å². The molecule has 0 saturated carbocycles. The number of aromatic nitrogens is 1. The predicted octanol–water partition coefficient (Wildman–Crippen LogP) is 2.88. The fourth-order valence-corrected chi connectivity index (χ4v) is 2.32. The number of pyridine rings is 1. The number of carbonyl (C=O) groups is 2. The number of para-hydroxylation sites is 1. The van der Waals surface area contributed by atoms with Crippen molar-refractivity contribution in [3.8, 4) is 0 Å². The summed E-state index contributed by atoms with van der Waals surface area (Å²) in [5.74, 6) is 0.0616. The van der Waals surface area contributed by atoms with Crippen LogP contribution in [0.3, 0.4) is 0 Å². The van der Waals surface area contributed by atoms with E-state index in [0.29, 0.717) is 11.3 Å². The third-order valence-electron chi connectivity index (χ3n) is 3.69. The van der Waals surface area contributed by atoms with Crippen LogP contribution in [-0.4, -0.2) is 23.8 Å². The van der Waals surface area contributed by atoms with Crippen molar-refractivity contribution in [3.05, 3.63) is 84.1 Å². The molecule has 1 N–H and O–H groups in total. The number of benzene rings is 1. The quantitative estimate of drug-likeness (QED) is 0.778. The summed E-state index contributed by atoms with van der Waals surface area (Å²) < 4.78 is 5.17. The maximum absolute atomic E-state index is 12.6. The van der Waals surface area contributed by atoms with E-state index in [-0.39, 0.29) is 24.1 Å². The van der Waals surface area contributed by atoms with Crippen molar-refractivity contribution in [2.75, 3.05) is 11.9 Å². The molecule has 0 unspecified atom stereocenters. The maximum Gasteiger partial charge on any atom is 0.270 e. The van der Waals surface area contributed by atoms with Crippen LogP contribution < -0.4 is 10.2 Å². The number of anilines is 1. The van der Waals surface area contributed by atoms with E-state index in [0.717, 1.165) is 5.69 Å². The van der Waals surface area contributed by atoms with Gasteiger partial charge >= 0.3 is 0 Å². The van der Waals surface area contributed by atoms with Crippen molar-refractivity contribution in [1.82, 2.24) is 10.3 Å². The zero-order chi connectivity index (χ0) is 17.6. The molecule has 2 aromatic heterocycles. The van der Waals surface area contributed by atoms with E-state index in [1.54, 1.807) is 31.5 Å². The zero-order valence-electron chi connectivity index (χ0n) is 13.7. The highest BCUT2D eigenvalue weighted by atomic mass is 16.3. The number of hydrogen-bond donors (Lipinski definition) is 1. The minimum Gasteiger partial charge on any atom is -0.467 e. The van der Waals surface area contributed by atoms with Crippen molar-refractivity contribution in [3.63, 3.8) is 0 Å². The molecule has 3 rings (SSSR count). The number of amides is 2. The molecule has 126 valence electrons. The van der Waals surface area contributed by atoms with Crippen LogP contribution in [0.15, 0.2) is 71.5 Å². The maximum atomic E-state index is 12.6. The lowest BCUT2D eigenvalue weighted by Gasteiger charge is -2.17. The SMILES string of the molecule is CN(C(=O)c1ccnc(C(=O)NCc2ccco2)c1)c1ccccc1. The summed E-state index contributed by atoms with van der Waals surface area (Å²) in [5, 5.41) is 2.71. The Morgan fingerprint density at radius 2 is 1.92 bits per heavy atom. The lowest BCUT2D eigenvalue weighted by Crippen LogP contribution is -2.27. The average molecular weight is 335 g/mol. The van der Waals surface area contributed by atoms with Gasteiger partial charge in [0.1, 0.15) is 11.5 Å². The number of carbonyl (C=O) groups excluding carboxylic acids is 2. The summed E-state index contributed by atoms with van der Waals surface area (Å²) >= 11 is 0. The topological polar surface area (TPSA) is 75.4 Å². The molecule has 25 heavy (non-hydrogen) atoms. The molecule has 6 heteroatoms. The van der Waals surface area contributed by atoms with Gasteiger partial charge in [0.15, 0.2) is 0 Å². The van der Waals surface area contributed by atoms with Gasteiger partial charge in [0.05, 0.1) is 12.8 Å². The number of furan rings is 1. The van der Waals surface area contributed by atoms with Gasteiger partial charge in [-0.15, -0.1) is 0 Å². The largest absolute Gasteiger partial charge is 0.467 e. The minimum atomic E-state index is -0.367. The molecule has 0 aliphatic carbocycles. The van der Waals surface area contributed by atoms with Crippen molar-refractivity contribution >= 4 is 17.5 Å². The summed E-state index contributed by atoms with van der Waals surface area (Å²) in [6.07, 6.45) is 2.99. The summed E-state index contributed by atoms with van der Waals surface area (Å²) in [6.45, 7) is 0.260. The van der Waals surface area contributed by atoms with Gasteiger partial charge in [-0.1, -0.05) is 18.2 Å². The summed E-state index contributed by atoms with van der Waals surface area (Å²) in [7, 11) is 1.69. The number of rotatable bonds is 5. The molecule has 0 fully saturated rings. The number of nitrogens with zero attached hydrogens (tertiary/aromatic N) is 2. The molecule has 1 aromatic carbocycles. The Hall–Kier alpha value is -3.41. The van der Waals surface area contributed by atoms with Gasteiger partial charge in [0.25, 0.3) is 11.8 Å². The van der Waals surface area contributed by atoms with Crippen LogP contribution in [0.1, 0.15) is 26.6 Å². The molecular weight excluding hydrogens is 318 g/mol. The average Bonchev–Trinajstić information content (AvgIpc) is 3.19. The number of hydrogen-bond acceptors (Lipinski definition) is 4. The van der Waals surface area contributed by atoms with Crippen molar-refractivity contribution < 1.29 is 14.0 Å². The minimum absolute atomic E-state index is 0.180. The van der Waals surface area contributed by atoms with Crippen molar-refractivity contribution in [1.29, 1.82) is 0 Å². The molecule has 0 saturated heterocycles. The van der Waals surface area contributed by atoms with Gasteiger partial charge in [-0.3, -0.25) is 14.6 Å². The molecule has 0 bridgehead atoms. The molecule has 2 amide bonds. The van der Waals surface area contributed by atoms with E-state index in [9.17, 15) is 9.59 Å². The van der Waals surface area contributed by atoms with E-state index < -0.39 is 0 Å².